The zero-order valence-electron chi connectivity index (χ0n) is 11.2. The Bertz CT molecular complexity index is 159. The SMILES string of the molecule is COCCOCCOCCNC(CCl)C(C)C. The van der Waals surface area contributed by atoms with Crippen molar-refractivity contribution in [2.75, 3.05) is 52.6 Å². The normalized spacial score (nSPS) is 13.2. The summed E-state index contributed by atoms with van der Waals surface area (Å²) in [5.41, 5.74) is 0. The van der Waals surface area contributed by atoms with Crippen LogP contribution in [0.1, 0.15) is 13.8 Å². The van der Waals surface area contributed by atoms with E-state index in [1.807, 2.05) is 0 Å². The maximum atomic E-state index is 5.84. The van der Waals surface area contributed by atoms with Crippen molar-refractivity contribution < 1.29 is 14.2 Å². The Morgan fingerprint density at radius 2 is 1.59 bits per heavy atom. The molecule has 5 heteroatoms. The van der Waals surface area contributed by atoms with E-state index in [1.54, 1.807) is 7.11 Å². The van der Waals surface area contributed by atoms with Crippen molar-refractivity contribution in [3.05, 3.63) is 0 Å². The predicted molar refractivity (Wildman–Crippen MR) is 70.9 cm³/mol. The number of ether oxygens (including phenoxy) is 3. The minimum Gasteiger partial charge on any atom is -0.382 e. The van der Waals surface area contributed by atoms with Gasteiger partial charge in [-0.05, 0) is 5.92 Å². The summed E-state index contributed by atoms with van der Waals surface area (Å²) in [5, 5.41) is 3.36. The maximum Gasteiger partial charge on any atom is 0.0701 e. The van der Waals surface area contributed by atoms with Crippen LogP contribution >= 0.6 is 11.6 Å². The highest BCUT2D eigenvalue weighted by atomic mass is 35.5. The lowest BCUT2D eigenvalue weighted by molar-refractivity contribution is 0.0251. The van der Waals surface area contributed by atoms with Crippen molar-refractivity contribution in [2.45, 2.75) is 19.9 Å². The molecule has 4 nitrogen and oxygen atoms in total. The first kappa shape index (κ1) is 17.1. The van der Waals surface area contributed by atoms with E-state index < -0.39 is 0 Å². The molecular weight excluding hydrogens is 242 g/mol. The van der Waals surface area contributed by atoms with Crippen molar-refractivity contribution in [1.82, 2.24) is 5.32 Å². The van der Waals surface area contributed by atoms with Crippen LogP contribution in [0.15, 0.2) is 0 Å². The monoisotopic (exact) mass is 267 g/mol. The van der Waals surface area contributed by atoms with Crippen LogP contribution in [0.5, 0.6) is 0 Å². The highest BCUT2D eigenvalue weighted by Crippen LogP contribution is 2.02. The lowest BCUT2D eigenvalue weighted by atomic mass is 10.1. The molecule has 0 spiro atoms. The first-order valence-electron chi connectivity index (χ1n) is 6.16. The van der Waals surface area contributed by atoms with Crippen molar-refractivity contribution in [2.24, 2.45) is 5.92 Å². The molecule has 104 valence electrons. The lowest BCUT2D eigenvalue weighted by Gasteiger charge is -2.19. The largest absolute Gasteiger partial charge is 0.382 e. The minimum absolute atomic E-state index is 0.359. The molecule has 0 bridgehead atoms. The second kappa shape index (κ2) is 12.6. The van der Waals surface area contributed by atoms with E-state index >= 15 is 0 Å². The Morgan fingerprint density at radius 1 is 1.00 bits per heavy atom. The zero-order chi connectivity index (χ0) is 12.9. The van der Waals surface area contributed by atoms with Crippen LogP contribution in [0.2, 0.25) is 0 Å². The lowest BCUT2D eigenvalue weighted by Crippen LogP contribution is -2.37. The number of hydrogen-bond acceptors (Lipinski definition) is 4. The molecule has 0 amide bonds. The van der Waals surface area contributed by atoms with Gasteiger partial charge in [0.1, 0.15) is 0 Å². The van der Waals surface area contributed by atoms with Gasteiger partial charge in [-0.1, -0.05) is 13.8 Å². The van der Waals surface area contributed by atoms with E-state index in [9.17, 15) is 0 Å². The summed E-state index contributed by atoms with van der Waals surface area (Å²) in [4.78, 5) is 0. The van der Waals surface area contributed by atoms with Gasteiger partial charge in [0.2, 0.25) is 0 Å². The summed E-state index contributed by atoms with van der Waals surface area (Å²) in [6, 6.07) is 0.359. The number of nitrogens with one attached hydrogen (secondary N) is 1. The van der Waals surface area contributed by atoms with Crippen LogP contribution in [-0.4, -0.2) is 58.6 Å². The molecule has 0 saturated carbocycles. The molecule has 0 saturated heterocycles. The zero-order valence-corrected chi connectivity index (χ0v) is 12.0. The van der Waals surface area contributed by atoms with Gasteiger partial charge in [0.05, 0.1) is 33.0 Å². The van der Waals surface area contributed by atoms with Gasteiger partial charge < -0.3 is 19.5 Å². The van der Waals surface area contributed by atoms with Crippen LogP contribution in [0.25, 0.3) is 0 Å². The van der Waals surface area contributed by atoms with Gasteiger partial charge >= 0.3 is 0 Å². The van der Waals surface area contributed by atoms with Crippen LogP contribution < -0.4 is 5.32 Å². The van der Waals surface area contributed by atoms with E-state index in [4.69, 9.17) is 25.8 Å². The summed E-state index contributed by atoms with van der Waals surface area (Å²) in [6.07, 6.45) is 0. The third-order valence-electron chi connectivity index (χ3n) is 2.43. The summed E-state index contributed by atoms with van der Waals surface area (Å²) >= 11 is 5.84. The van der Waals surface area contributed by atoms with Crippen LogP contribution in [0, 0.1) is 5.92 Å². The van der Waals surface area contributed by atoms with E-state index in [2.05, 4.69) is 19.2 Å². The smallest absolute Gasteiger partial charge is 0.0701 e. The Balaban J connectivity index is 3.17. The average molecular weight is 268 g/mol. The minimum atomic E-state index is 0.359. The van der Waals surface area contributed by atoms with E-state index in [0.29, 0.717) is 50.9 Å². The molecule has 0 aromatic carbocycles. The fourth-order valence-electron chi connectivity index (χ4n) is 1.25. The number of alkyl halides is 1. The number of hydrogen-bond donors (Lipinski definition) is 1. The van der Waals surface area contributed by atoms with Gasteiger partial charge in [0.15, 0.2) is 0 Å². The van der Waals surface area contributed by atoms with E-state index in [0.717, 1.165) is 6.54 Å². The van der Waals surface area contributed by atoms with Crippen molar-refractivity contribution >= 4 is 11.6 Å². The van der Waals surface area contributed by atoms with Crippen LogP contribution in [0.4, 0.5) is 0 Å². The molecule has 17 heavy (non-hydrogen) atoms. The van der Waals surface area contributed by atoms with E-state index in [-0.39, 0.29) is 0 Å². The van der Waals surface area contributed by atoms with Gasteiger partial charge in [-0.3, -0.25) is 0 Å². The van der Waals surface area contributed by atoms with Gasteiger partial charge in [-0.15, -0.1) is 11.6 Å². The summed E-state index contributed by atoms with van der Waals surface area (Å²) in [5.74, 6) is 1.18. The van der Waals surface area contributed by atoms with Crippen LogP contribution in [0.3, 0.4) is 0 Å². The van der Waals surface area contributed by atoms with Crippen LogP contribution in [-0.2, 0) is 14.2 Å². The van der Waals surface area contributed by atoms with E-state index in [1.165, 1.54) is 0 Å². The molecule has 0 aliphatic rings. The Morgan fingerprint density at radius 3 is 2.12 bits per heavy atom. The Labute approximate surface area is 110 Å². The summed E-state index contributed by atoms with van der Waals surface area (Å²) in [6.45, 7) is 8.33. The number of methoxy groups -OCH3 is 1. The van der Waals surface area contributed by atoms with Crippen molar-refractivity contribution in [3.8, 4) is 0 Å². The quantitative estimate of drug-likeness (QED) is 0.430. The molecule has 0 aliphatic heterocycles. The molecule has 0 aromatic heterocycles. The van der Waals surface area contributed by atoms with Gasteiger partial charge in [0.25, 0.3) is 0 Å². The second-order valence-electron chi connectivity index (χ2n) is 4.18. The molecule has 1 N–H and O–H groups in total. The highest BCUT2D eigenvalue weighted by Gasteiger charge is 2.09. The third kappa shape index (κ3) is 11.0. The molecule has 0 fully saturated rings. The summed E-state index contributed by atoms with van der Waals surface area (Å²) in [7, 11) is 1.66. The molecule has 1 atom stereocenters. The third-order valence-corrected chi connectivity index (χ3v) is 2.76. The molecule has 0 heterocycles. The Kier molecular flexibility index (Phi) is 12.7. The fourth-order valence-corrected chi connectivity index (χ4v) is 1.71. The molecule has 0 aromatic rings. The molecule has 0 rings (SSSR count). The standard InChI is InChI=1S/C12H26ClNO3/c1-11(2)12(10-13)14-4-5-16-8-9-17-7-6-15-3/h11-12,14H,4-10H2,1-3H3. The first-order valence-corrected chi connectivity index (χ1v) is 6.69. The van der Waals surface area contributed by atoms with Gasteiger partial charge in [-0.25, -0.2) is 0 Å². The highest BCUT2D eigenvalue weighted by molar-refractivity contribution is 6.18. The maximum absolute atomic E-state index is 5.84. The number of halogens is 1. The molecule has 0 aliphatic carbocycles. The van der Waals surface area contributed by atoms with Crippen molar-refractivity contribution in [3.63, 3.8) is 0 Å². The summed E-state index contributed by atoms with van der Waals surface area (Å²) < 4.78 is 15.5. The van der Waals surface area contributed by atoms with Gasteiger partial charge in [0, 0.05) is 25.6 Å². The average Bonchev–Trinajstić information content (AvgIpc) is 2.31. The van der Waals surface area contributed by atoms with Crippen molar-refractivity contribution in [1.29, 1.82) is 0 Å². The fraction of sp³-hybridized carbons (Fsp3) is 1.00. The van der Waals surface area contributed by atoms with Gasteiger partial charge in [-0.2, -0.15) is 0 Å². The topological polar surface area (TPSA) is 39.7 Å². The first-order chi connectivity index (χ1) is 8.22. The predicted octanol–water partition coefficient (Wildman–Crippen LogP) is 1.52. The molecule has 1 unspecified atom stereocenters. The number of rotatable bonds is 12. The second-order valence-corrected chi connectivity index (χ2v) is 4.49. The Hall–Kier alpha value is 0.130. The molecular formula is C12H26ClNO3. The molecule has 0 radical (unpaired) electrons.